The van der Waals surface area contributed by atoms with Crippen LogP contribution in [-0.4, -0.2) is 35.8 Å². The summed E-state index contributed by atoms with van der Waals surface area (Å²) in [6.07, 6.45) is 3.97. The molecule has 9 nitrogen and oxygen atoms in total. The second-order valence-electron chi connectivity index (χ2n) is 7.27. The molecule has 10 heteroatoms. The van der Waals surface area contributed by atoms with E-state index in [1.54, 1.807) is 39.2 Å². The lowest BCUT2D eigenvalue weighted by molar-refractivity contribution is 0.0634. The number of amides is 1. The number of carbonyl (C=O) groups is 1. The van der Waals surface area contributed by atoms with Gasteiger partial charge in [0.1, 0.15) is 16.6 Å². The van der Waals surface area contributed by atoms with Crippen molar-refractivity contribution in [3.8, 4) is 11.3 Å². The molecule has 3 rings (SSSR count). The number of nitrogens with zero attached hydrogens (tertiary/aromatic N) is 4. The van der Waals surface area contributed by atoms with Gasteiger partial charge in [0, 0.05) is 24.2 Å². The summed E-state index contributed by atoms with van der Waals surface area (Å²) in [6, 6.07) is 11.2. The molecule has 0 spiro atoms. The molecule has 0 saturated carbocycles. The maximum atomic E-state index is 12.2. The first-order valence-corrected chi connectivity index (χ1v) is 10.4. The van der Waals surface area contributed by atoms with E-state index in [0.29, 0.717) is 17.0 Å². The van der Waals surface area contributed by atoms with Gasteiger partial charge in [0.2, 0.25) is 11.9 Å². The zero-order chi connectivity index (χ0) is 21.6. The van der Waals surface area contributed by atoms with Crippen LogP contribution < -0.4 is 10.0 Å². The molecule has 0 fully saturated rings. The van der Waals surface area contributed by atoms with Crippen LogP contribution in [0.3, 0.4) is 0 Å². The third kappa shape index (κ3) is 6.59. The summed E-state index contributed by atoms with van der Waals surface area (Å²) in [7, 11) is -1.35. The average Bonchev–Trinajstić information content (AvgIpc) is 2.68. The Kier molecular flexibility index (Phi) is 6.68. The van der Waals surface area contributed by atoms with Gasteiger partial charge in [-0.1, -0.05) is 30.3 Å². The van der Waals surface area contributed by atoms with E-state index in [-0.39, 0.29) is 11.9 Å². The molecule has 0 aliphatic rings. The molecular formula is C20H22N6O3S. The van der Waals surface area contributed by atoms with Gasteiger partial charge in [-0.05, 0) is 32.4 Å². The van der Waals surface area contributed by atoms with E-state index in [1.807, 2.05) is 30.3 Å². The highest BCUT2D eigenvalue weighted by atomic mass is 32.2. The van der Waals surface area contributed by atoms with Crippen molar-refractivity contribution in [3.05, 3.63) is 60.6 Å². The molecule has 0 aliphatic heterocycles. The average molecular weight is 427 g/mol. The second-order valence-corrected chi connectivity index (χ2v) is 8.45. The highest BCUT2D eigenvalue weighted by molar-refractivity contribution is 7.85. The summed E-state index contributed by atoms with van der Waals surface area (Å²) in [5.74, 6) is 0.694. The predicted octanol–water partition coefficient (Wildman–Crippen LogP) is 3.56. The molecule has 2 N–H and O–H groups in total. The molecule has 0 aliphatic carbocycles. The quantitative estimate of drug-likeness (QED) is 0.618. The molecule has 1 unspecified atom stereocenters. The van der Waals surface area contributed by atoms with Crippen LogP contribution in [0.4, 0.5) is 16.7 Å². The van der Waals surface area contributed by atoms with Crippen LogP contribution in [0.2, 0.25) is 0 Å². The lowest BCUT2D eigenvalue weighted by atomic mass is 10.2. The van der Waals surface area contributed by atoms with E-state index >= 15 is 0 Å². The molecule has 30 heavy (non-hydrogen) atoms. The normalized spacial score (nSPS) is 12.1. The van der Waals surface area contributed by atoms with Crippen molar-refractivity contribution < 1.29 is 13.7 Å². The molecule has 2 heterocycles. The number of hydrogen-bond donors (Lipinski definition) is 2. The van der Waals surface area contributed by atoms with Crippen LogP contribution in [0.15, 0.2) is 55.0 Å². The molecule has 156 valence electrons. The molecule has 0 saturated heterocycles. The Morgan fingerprint density at radius 1 is 1.03 bits per heavy atom. The fraction of sp³-hybridized carbons (Fsp3) is 0.250. The zero-order valence-electron chi connectivity index (χ0n) is 16.8. The summed E-state index contributed by atoms with van der Waals surface area (Å²) in [5, 5.41) is 2.49. The van der Waals surface area contributed by atoms with Crippen molar-refractivity contribution in [1.82, 2.24) is 19.9 Å². The van der Waals surface area contributed by atoms with Gasteiger partial charge in [0.05, 0.1) is 11.4 Å². The number of anilines is 2. The van der Waals surface area contributed by atoms with Crippen molar-refractivity contribution in [2.75, 3.05) is 10.0 Å². The van der Waals surface area contributed by atoms with Crippen LogP contribution in [0, 0.1) is 0 Å². The Bertz CT molecular complexity index is 1020. The van der Waals surface area contributed by atoms with Crippen LogP contribution in [0.5, 0.6) is 0 Å². The first-order chi connectivity index (χ1) is 14.3. The van der Waals surface area contributed by atoms with Gasteiger partial charge in [-0.25, -0.2) is 28.9 Å². The fourth-order valence-corrected chi connectivity index (χ4v) is 3.23. The van der Waals surface area contributed by atoms with Gasteiger partial charge < -0.3 is 4.74 Å². The Hall–Kier alpha value is -3.40. The summed E-state index contributed by atoms with van der Waals surface area (Å²) in [6.45, 7) is 5.30. The Balaban J connectivity index is 1.63. The van der Waals surface area contributed by atoms with E-state index in [0.717, 1.165) is 5.56 Å². The van der Waals surface area contributed by atoms with Gasteiger partial charge in [-0.2, -0.15) is 0 Å². The van der Waals surface area contributed by atoms with E-state index in [4.69, 9.17) is 4.74 Å². The van der Waals surface area contributed by atoms with Gasteiger partial charge in [-0.15, -0.1) is 0 Å². The molecular weight excluding hydrogens is 404 g/mol. The van der Waals surface area contributed by atoms with Crippen LogP contribution in [0.1, 0.15) is 26.3 Å². The van der Waals surface area contributed by atoms with Crippen molar-refractivity contribution in [3.63, 3.8) is 0 Å². The van der Waals surface area contributed by atoms with E-state index in [9.17, 15) is 9.00 Å². The monoisotopic (exact) mass is 426 g/mol. The van der Waals surface area contributed by atoms with Crippen LogP contribution >= 0.6 is 0 Å². The lowest BCUT2D eigenvalue weighted by Gasteiger charge is -2.19. The van der Waals surface area contributed by atoms with Crippen molar-refractivity contribution in [1.29, 1.82) is 0 Å². The minimum atomic E-state index is -1.35. The number of benzene rings is 1. The lowest BCUT2D eigenvalue weighted by Crippen LogP contribution is -2.27. The van der Waals surface area contributed by atoms with Crippen molar-refractivity contribution in [2.45, 2.75) is 32.1 Å². The number of ether oxygens (including phenoxy) is 1. The molecule has 1 amide bonds. The third-order valence-electron chi connectivity index (χ3n) is 3.56. The van der Waals surface area contributed by atoms with Gasteiger partial charge in [0.15, 0.2) is 0 Å². The standard InChI is InChI=1S/C20H22N6O3S/c1-20(2,3)29-19(27)25-18-21-10-9-16(24-18)15-11-22-17(23-12-15)26-30(28)13-14-7-5-4-6-8-14/h4-12H,13H2,1-3H3,(H,22,23,26)(H,21,24,25,27). The highest BCUT2D eigenvalue weighted by Crippen LogP contribution is 2.17. The van der Waals surface area contributed by atoms with E-state index in [2.05, 4.69) is 30.0 Å². The second kappa shape index (κ2) is 9.40. The van der Waals surface area contributed by atoms with Crippen molar-refractivity contribution in [2.24, 2.45) is 0 Å². The first kappa shape index (κ1) is 21.3. The third-order valence-corrected chi connectivity index (χ3v) is 4.57. The number of carbonyl (C=O) groups excluding carboxylic acids is 1. The zero-order valence-corrected chi connectivity index (χ0v) is 17.6. The predicted molar refractivity (Wildman–Crippen MR) is 115 cm³/mol. The minimum absolute atomic E-state index is 0.105. The number of nitrogens with one attached hydrogen (secondary N) is 2. The van der Waals surface area contributed by atoms with Gasteiger partial charge in [-0.3, -0.25) is 10.0 Å². The first-order valence-electron chi connectivity index (χ1n) is 9.13. The molecule has 3 aromatic rings. The molecule has 1 aromatic carbocycles. The van der Waals surface area contributed by atoms with Crippen LogP contribution in [0.25, 0.3) is 11.3 Å². The summed E-state index contributed by atoms with van der Waals surface area (Å²) < 4.78 is 20.2. The SMILES string of the molecule is CC(C)(C)OC(=O)Nc1nccc(-c2cnc(NS(=O)Cc3ccccc3)nc2)n1. The van der Waals surface area contributed by atoms with Gasteiger partial charge >= 0.3 is 6.09 Å². The Morgan fingerprint density at radius 2 is 1.73 bits per heavy atom. The largest absolute Gasteiger partial charge is 0.444 e. The Morgan fingerprint density at radius 3 is 2.40 bits per heavy atom. The summed E-state index contributed by atoms with van der Waals surface area (Å²) >= 11 is 0. The van der Waals surface area contributed by atoms with E-state index in [1.165, 1.54) is 6.20 Å². The Labute approximate surface area is 176 Å². The number of aromatic nitrogens is 4. The topological polar surface area (TPSA) is 119 Å². The molecule has 1 atom stereocenters. The minimum Gasteiger partial charge on any atom is -0.444 e. The van der Waals surface area contributed by atoms with Gasteiger partial charge in [0.25, 0.3) is 0 Å². The van der Waals surface area contributed by atoms with E-state index < -0.39 is 22.7 Å². The van der Waals surface area contributed by atoms with Crippen LogP contribution in [-0.2, 0) is 21.5 Å². The molecule has 0 bridgehead atoms. The number of rotatable bonds is 6. The smallest absolute Gasteiger partial charge is 0.414 e. The maximum Gasteiger partial charge on any atom is 0.414 e. The molecule has 2 aromatic heterocycles. The highest BCUT2D eigenvalue weighted by Gasteiger charge is 2.17. The summed E-state index contributed by atoms with van der Waals surface area (Å²) in [4.78, 5) is 28.5. The fourth-order valence-electron chi connectivity index (χ4n) is 2.35. The molecule has 0 radical (unpaired) electrons. The maximum absolute atomic E-state index is 12.2. The van der Waals surface area contributed by atoms with Crippen molar-refractivity contribution >= 4 is 29.0 Å². The number of hydrogen-bond acceptors (Lipinski definition) is 7. The summed E-state index contributed by atoms with van der Waals surface area (Å²) in [5.41, 5.74) is 1.46.